The van der Waals surface area contributed by atoms with Gasteiger partial charge in [-0.15, -0.1) is 0 Å². The maximum Gasteiger partial charge on any atom is 0.0540 e. The molecule has 0 aliphatic rings. The third kappa shape index (κ3) is 30.0. The molecule has 0 saturated heterocycles. The Morgan fingerprint density at radius 1 is 0.294 bits per heavy atom. The van der Waals surface area contributed by atoms with Gasteiger partial charge in [0.15, 0.2) is 0 Å². The Morgan fingerprint density at radius 2 is 0.471 bits per heavy atom. The van der Waals surface area contributed by atoms with Crippen LogP contribution in [0, 0.1) is 0 Å². The van der Waals surface area contributed by atoms with E-state index >= 15 is 0 Å². The predicted octanol–water partition coefficient (Wildman–Crippen LogP) is 12.1. The van der Waals surface area contributed by atoms with Crippen LogP contribution in [-0.4, -0.2) is 11.2 Å². The number of unbranched alkanes of at least 4 members (excludes halogenated alkanes) is 26. The van der Waals surface area contributed by atoms with Crippen LogP contribution in [0.15, 0.2) is 0 Å². The SMILES string of the molecule is CCCCCCCCCCCCCCCCCCC(O)CCCCCCCCCCCCCC. The van der Waals surface area contributed by atoms with Crippen LogP contribution < -0.4 is 0 Å². The van der Waals surface area contributed by atoms with Crippen LogP contribution in [0.5, 0.6) is 0 Å². The summed E-state index contributed by atoms with van der Waals surface area (Å²) < 4.78 is 0. The summed E-state index contributed by atoms with van der Waals surface area (Å²) in [5.41, 5.74) is 0. The molecule has 1 N–H and O–H groups in total. The van der Waals surface area contributed by atoms with E-state index in [4.69, 9.17) is 0 Å². The van der Waals surface area contributed by atoms with E-state index in [1.165, 1.54) is 180 Å². The number of rotatable bonds is 30. The summed E-state index contributed by atoms with van der Waals surface area (Å²) >= 11 is 0. The maximum atomic E-state index is 10.2. The molecular formula is C33H68O. The van der Waals surface area contributed by atoms with Gasteiger partial charge >= 0.3 is 0 Å². The van der Waals surface area contributed by atoms with Gasteiger partial charge in [0.05, 0.1) is 6.10 Å². The van der Waals surface area contributed by atoms with Crippen molar-refractivity contribution in [1.82, 2.24) is 0 Å². The minimum absolute atomic E-state index is 0.0326. The first-order valence-electron chi connectivity index (χ1n) is 16.5. The van der Waals surface area contributed by atoms with E-state index in [1.807, 2.05) is 0 Å². The summed E-state index contributed by atoms with van der Waals surface area (Å²) in [4.78, 5) is 0. The van der Waals surface area contributed by atoms with Gasteiger partial charge < -0.3 is 5.11 Å². The Labute approximate surface area is 217 Å². The number of aliphatic hydroxyl groups excluding tert-OH is 1. The Bertz CT molecular complexity index is 339. The first-order chi connectivity index (χ1) is 16.8. The topological polar surface area (TPSA) is 20.2 Å². The monoisotopic (exact) mass is 481 g/mol. The smallest absolute Gasteiger partial charge is 0.0540 e. The number of hydrogen-bond acceptors (Lipinski definition) is 1. The molecule has 0 spiro atoms. The molecule has 0 bridgehead atoms. The van der Waals surface area contributed by atoms with Crippen molar-refractivity contribution in [3.8, 4) is 0 Å². The van der Waals surface area contributed by atoms with E-state index in [-0.39, 0.29) is 6.10 Å². The van der Waals surface area contributed by atoms with Crippen molar-refractivity contribution >= 4 is 0 Å². The van der Waals surface area contributed by atoms with E-state index in [0.717, 1.165) is 12.8 Å². The zero-order chi connectivity index (χ0) is 24.8. The predicted molar refractivity (Wildman–Crippen MR) is 156 cm³/mol. The Hall–Kier alpha value is -0.0400. The molecule has 0 aliphatic heterocycles. The molecule has 1 nitrogen and oxygen atoms in total. The fourth-order valence-corrected chi connectivity index (χ4v) is 5.29. The minimum atomic E-state index is -0.0326. The fraction of sp³-hybridized carbons (Fsp3) is 1.00. The molecule has 0 radical (unpaired) electrons. The Balaban J connectivity index is 3.13. The van der Waals surface area contributed by atoms with Gasteiger partial charge in [-0.25, -0.2) is 0 Å². The van der Waals surface area contributed by atoms with Crippen LogP contribution in [0.25, 0.3) is 0 Å². The average Bonchev–Trinajstić information content (AvgIpc) is 2.84. The molecule has 1 unspecified atom stereocenters. The van der Waals surface area contributed by atoms with Crippen LogP contribution in [-0.2, 0) is 0 Å². The largest absolute Gasteiger partial charge is 0.393 e. The van der Waals surface area contributed by atoms with Crippen molar-refractivity contribution in [3.05, 3.63) is 0 Å². The second-order valence-corrected chi connectivity index (χ2v) is 11.4. The molecule has 0 aliphatic carbocycles. The quantitative estimate of drug-likeness (QED) is 0.101. The van der Waals surface area contributed by atoms with Crippen molar-refractivity contribution in [2.24, 2.45) is 0 Å². The summed E-state index contributed by atoms with van der Waals surface area (Å²) in [6.45, 7) is 4.59. The van der Waals surface area contributed by atoms with E-state index in [9.17, 15) is 5.11 Å². The lowest BCUT2D eigenvalue weighted by molar-refractivity contribution is 0.147. The molecule has 0 heterocycles. The molecule has 0 fully saturated rings. The third-order valence-electron chi connectivity index (χ3n) is 7.78. The first-order valence-corrected chi connectivity index (χ1v) is 16.5. The molecule has 0 rings (SSSR count). The highest BCUT2D eigenvalue weighted by atomic mass is 16.3. The van der Waals surface area contributed by atoms with E-state index in [1.54, 1.807) is 0 Å². The lowest BCUT2D eigenvalue weighted by Gasteiger charge is -2.10. The average molecular weight is 481 g/mol. The third-order valence-corrected chi connectivity index (χ3v) is 7.78. The normalized spacial score (nSPS) is 12.4. The highest BCUT2D eigenvalue weighted by molar-refractivity contribution is 4.58. The first kappa shape index (κ1) is 34.0. The van der Waals surface area contributed by atoms with Crippen molar-refractivity contribution in [1.29, 1.82) is 0 Å². The molecule has 34 heavy (non-hydrogen) atoms. The van der Waals surface area contributed by atoms with Gasteiger partial charge in [0.25, 0.3) is 0 Å². The van der Waals surface area contributed by atoms with Gasteiger partial charge in [0.2, 0.25) is 0 Å². The molecule has 0 saturated carbocycles. The Kier molecular flexibility index (Phi) is 31.0. The second-order valence-electron chi connectivity index (χ2n) is 11.4. The minimum Gasteiger partial charge on any atom is -0.393 e. The standard InChI is InChI=1S/C33H68O/c1-3-5-7-9-11-13-15-17-18-19-20-22-24-26-28-30-32-33(34)31-29-27-25-23-21-16-14-12-10-8-6-4-2/h33-34H,3-32H2,1-2H3. The summed E-state index contributed by atoms with van der Waals surface area (Å²) in [6, 6.07) is 0. The zero-order valence-electron chi connectivity index (χ0n) is 24.2. The van der Waals surface area contributed by atoms with Gasteiger partial charge in [0, 0.05) is 0 Å². The molecule has 0 aromatic carbocycles. The molecule has 1 heteroatoms. The summed E-state index contributed by atoms with van der Waals surface area (Å²) in [7, 11) is 0. The summed E-state index contributed by atoms with van der Waals surface area (Å²) in [5, 5.41) is 10.2. The number of aliphatic hydroxyl groups is 1. The number of hydrogen-bond donors (Lipinski definition) is 1. The van der Waals surface area contributed by atoms with Crippen LogP contribution in [0.1, 0.15) is 206 Å². The van der Waals surface area contributed by atoms with E-state index in [2.05, 4.69) is 13.8 Å². The molecule has 0 amide bonds. The van der Waals surface area contributed by atoms with E-state index < -0.39 is 0 Å². The summed E-state index contributed by atoms with van der Waals surface area (Å²) in [5.74, 6) is 0. The highest BCUT2D eigenvalue weighted by Gasteiger charge is 2.04. The lowest BCUT2D eigenvalue weighted by atomic mass is 10.0. The highest BCUT2D eigenvalue weighted by Crippen LogP contribution is 2.17. The van der Waals surface area contributed by atoms with Gasteiger partial charge in [0.1, 0.15) is 0 Å². The van der Waals surface area contributed by atoms with Gasteiger partial charge in [-0.3, -0.25) is 0 Å². The van der Waals surface area contributed by atoms with Gasteiger partial charge in [-0.1, -0.05) is 194 Å². The van der Waals surface area contributed by atoms with Crippen molar-refractivity contribution < 1.29 is 5.11 Å². The van der Waals surface area contributed by atoms with E-state index in [0.29, 0.717) is 0 Å². The molecule has 1 atom stereocenters. The maximum absolute atomic E-state index is 10.2. The van der Waals surface area contributed by atoms with Crippen molar-refractivity contribution in [2.75, 3.05) is 0 Å². The van der Waals surface area contributed by atoms with Gasteiger partial charge in [-0.05, 0) is 12.8 Å². The van der Waals surface area contributed by atoms with Gasteiger partial charge in [-0.2, -0.15) is 0 Å². The lowest BCUT2D eigenvalue weighted by Crippen LogP contribution is -2.05. The molecular weight excluding hydrogens is 412 g/mol. The zero-order valence-corrected chi connectivity index (χ0v) is 24.2. The second kappa shape index (κ2) is 31.0. The van der Waals surface area contributed by atoms with Crippen molar-refractivity contribution in [2.45, 2.75) is 213 Å². The van der Waals surface area contributed by atoms with Crippen molar-refractivity contribution in [3.63, 3.8) is 0 Å². The fourth-order valence-electron chi connectivity index (χ4n) is 5.29. The Morgan fingerprint density at radius 3 is 0.676 bits per heavy atom. The molecule has 0 aromatic rings. The van der Waals surface area contributed by atoms with Crippen LogP contribution in [0.3, 0.4) is 0 Å². The molecule has 206 valence electrons. The van der Waals surface area contributed by atoms with Crippen LogP contribution in [0.2, 0.25) is 0 Å². The van der Waals surface area contributed by atoms with Crippen LogP contribution in [0.4, 0.5) is 0 Å². The molecule has 0 aromatic heterocycles. The van der Waals surface area contributed by atoms with Crippen LogP contribution >= 0.6 is 0 Å². The summed E-state index contributed by atoms with van der Waals surface area (Å²) in [6.07, 6.45) is 41.5.